The molecule has 0 saturated heterocycles. The van der Waals surface area contributed by atoms with Crippen molar-refractivity contribution in [1.82, 2.24) is 0 Å². The van der Waals surface area contributed by atoms with Crippen LogP contribution in [0.4, 0.5) is 0 Å². The maximum absolute atomic E-state index is 12.0. The van der Waals surface area contributed by atoms with Gasteiger partial charge < -0.3 is 10.2 Å². The van der Waals surface area contributed by atoms with Crippen LogP contribution in [0.3, 0.4) is 0 Å². The molecule has 1 aromatic rings. The van der Waals surface area contributed by atoms with Crippen molar-refractivity contribution in [3.63, 3.8) is 0 Å². The Morgan fingerprint density at radius 2 is 1.95 bits per heavy atom. The molecule has 0 unspecified atom stereocenters. The van der Waals surface area contributed by atoms with E-state index in [-0.39, 0.29) is 23.3 Å². The largest absolute Gasteiger partial charge is 0.508 e. The topological polar surface area (TPSA) is 57.5 Å². The Bertz CT molecular complexity index is 544. The number of phenolic OH excluding ortho intramolecular Hbond substituents is 2. The molecule has 3 nitrogen and oxygen atoms in total. The highest BCUT2D eigenvalue weighted by atomic mass is 16.3. The third-order valence-electron chi connectivity index (χ3n) is 5.32. The normalized spacial score (nSPS) is 27.5. The Balaban J connectivity index is 1.86. The van der Waals surface area contributed by atoms with Crippen LogP contribution in [0.25, 0.3) is 0 Å². The van der Waals surface area contributed by atoms with Crippen molar-refractivity contribution < 1.29 is 15.0 Å². The third kappa shape index (κ3) is 2.54. The van der Waals surface area contributed by atoms with Gasteiger partial charge in [0, 0.05) is 23.8 Å². The molecule has 1 atom stereocenters. The fourth-order valence-electron chi connectivity index (χ4n) is 3.92. The van der Waals surface area contributed by atoms with E-state index in [1.54, 1.807) is 6.07 Å². The van der Waals surface area contributed by atoms with Crippen LogP contribution in [-0.2, 0) is 11.2 Å². The van der Waals surface area contributed by atoms with E-state index in [9.17, 15) is 15.0 Å². The lowest BCUT2D eigenvalue weighted by Gasteiger charge is -2.45. The number of Topliss-reactive ketones (excluding diaryl/α,β-unsaturated/α-hetero) is 1. The lowest BCUT2D eigenvalue weighted by atomic mass is 9.57. The molecular weight excluding hydrogens is 264 g/mol. The summed E-state index contributed by atoms with van der Waals surface area (Å²) in [5.74, 6) is 1.40. The second-order valence-corrected chi connectivity index (χ2v) is 6.67. The summed E-state index contributed by atoms with van der Waals surface area (Å²) in [5, 5.41) is 20.8. The molecule has 0 radical (unpaired) electrons. The van der Waals surface area contributed by atoms with Gasteiger partial charge in [-0.1, -0.05) is 25.8 Å². The van der Waals surface area contributed by atoms with Crippen molar-refractivity contribution in [3.8, 4) is 11.5 Å². The van der Waals surface area contributed by atoms with Crippen LogP contribution in [0.1, 0.15) is 62.5 Å². The molecule has 114 valence electrons. The van der Waals surface area contributed by atoms with Crippen molar-refractivity contribution in [2.75, 3.05) is 0 Å². The first-order chi connectivity index (χ1) is 10.1. The number of ketones is 1. The number of unbranched alkanes of at least 4 members (excludes halogenated alkanes) is 2. The zero-order valence-electron chi connectivity index (χ0n) is 12.6. The number of rotatable bonds is 5. The van der Waals surface area contributed by atoms with Crippen LogP contribution in [0, 0.1) is 11.8 Å². The van der Waals surface area contributed by atoms with E-state index in [0.29, 0.717) is 23.7 Å². The van der Waals surface area contributed by atoms with E-state index in [4.69, 9.17) is 0 Å². The summed E-state index contributed by atoms with van der Waals surface area (Å²) in [7, 11) is 0. The van der Waals surface area contributed by atoms with Gasteiger partial charge in [-0.3, -0.25) is 4.79 Å². The van der Waals surface area contributed by atoms with E-state index in [0.717, 1.165) is 44.1 Å². The molecule has 3 aliphatic carbocycles. The highest BCUT2D eigenvalue weighted by Gasteiger charge is 2.47. The molecule has 0 aliphatic heterocycles. The molecule has 2 N–H and O–H groups in total. The number of carbonyl (C=O) groups excluding carboxylic acids is 1. The fourth-order valence-corrected chi connectivity index (χ4v) is 3.92. The van der Waals surface area contributed by atoms with Crippen molar-refractivity contribution in [3.05, 3.63) is 23.3 Å². The van der Waals surface area contributed by atoms with E-state index < -0.39 is 0 Å². The fraction of sp³-hybridized carbons (Fsp3) is 0.611. The summed E-state index contributed by atoms with van der Waals surface area (Å²) in [6.45, 7) is 2.16. The van der Waals surface area contributed by atoms with Gasteiger partial charge in [-0.05, 0) is 43.2 Å². The van der Waals surface area contributed by atoms with Gasteiger partial charge in [0.2, 0.25) is 0 Å². The highest BCUT2D eigenvalue weighted by molar-refractivity contribution is 5.85. The van der Waals surface area contributed by atoms with Crippen LogP contribution < -0.4 is 0 Å². The minimum atomic E-state index is 0.00799. The molecule has 0 heterocycles. The molecule has 3 aliphatic rings. The Morgan fingerprint density at radius 1 is 1.19 bits per heavy atom. The molecule has 3 heteroatoms. The first kappa shape index (κ1) is 14.4. The Morgan fingerprint density at radius 3 is 2.62 bits per heavy atom. The Hall–Kier alpha value is -1.51. The number of benzene rings is 1. The SMILES string of the molecule is CCCCCc1ccc(O)c([C@@H]2CC(=O)C3CC2C3)c1O. The second-order valence-electron chi connectivity index (χ2n) is 6.67. The molecule has 0 spiro atoms. The monoisotopic (exact) mass is 288 g/mol. The summed E-state index contributed by atoms with van der Waals surface area (Å²) in [4.78, 5) is 12.0. The molecule has 0 amide bonds. The summed E-state index contributed by atoms with van der Waals surface area (Å²) in [6, 6.07) is 3.50. The summed E-state index contributed by atoms with van der Waals surface area (Å²) in [5.41, 5.74) is 1.53. The van der Waals surface area contributed by atoms with E-state index in [1.807, 2.05) is 6.07 Å². The van der Waals surface area contributed by atoms with Crippen LogP contribution >= 0.6 is 0 Å². The van der Waals surface area contributed by atoms with Gasteiger partial charge in [0.1, 0.15) is 17.3 Å². The van der Waals surface area contributed by atoms with E-state index in [2.05, 4.69) is 6.92 Å². The van der Waals surface area contributed by atoms with E-state index in [1.165, 1.54) is 0 Å². The standard InChI is InChI=1S/C18H24O3/c1-2-3-4-5-11-6-7-15(19)17(18(11)21)14-10-16(20)13-8-12(14)9-13/h6-7,12-14,19,21H,2-5,8-10H2,1H3/t12?,13?,14-/m1/s1. The number of phenols is 2. The summed E-state index contributed by atoms with van der Waals surface area (Å²) in [6.07, 6.45) is 6.51. The number of aryl methyl sites for hydroxylation is 1. The molecule has 0 aromatic heterocycles. The number of carbonyl (C=O) groups is 1. The number of fused-ring (bicyclic) bond motifs is 2. The van der Waals surface area contributed by atoms with Gasteiger partial charge in [-0.25, -0.2) is 0 Å². The van der Waals surface area contributed by atoms with Crippen molar-refractivity contribution in [2.24, 2.45) is 11.8 Å². The van der Waals surface area contributed by atoms with Crippen molar-refractivity contribution in [2.45, 2.75) is 57.8 Å². The number of aromatic hydroxyl groups is 2. The molecule has 3 saturated carbocycles. The van der Waals surface area contributed by atoms with Crippen LogP contribution in [-0.4, -0.2) is 16.0 Å². The predicted octanol–water partition coefficient (Wildman–Crippen LogP) is 3.91. The van der Waals surface area contributed by atoms with Gasteiger partial charge in [-0.15, -0.1) is 0 Å². The number of hydrogen-bond acceptors (Lipinski definition) is 3. The second kappa shape index (κ2) is 5.70. The zero-order chi connectivity index (χ0) is 15.0. The quantitative estimate of drug-likeness (QED) is 0.808. The Kier molecular flexibility index (Phi) is 3.92. The average Bonchev–Trinajstić information content (AvgIpc) is 2.40. The summed E-state index contributed by atoms with van der Waals surface area (Å²) >= 11 is 0. The van der Waals surface area contributed by atoms with Gasteiger partial charge in [-0.2, -0.15) is 0 Å². The van der Waals surface area contributed by atoms with Crippen molar-refractivity contribution >= 4 is 5.78 Å². The predicted molar refractivity (Wildman–Crippen MR) is 81.6 cm³/mol. The van der Waals surface area contributed by atoms with Crippen molar-refractivity contribution in [1.29, 1.82) is 0 Å². The van der Waals surface area contributed by atoms with Gasteiger partial charge in [0.25, 0.3) is 0 Å². The van der Waals surface area contributed by atoms with Gasteiger partial charge in [0.05, 0.1) is 0 Å². The molecule has 21 heavy (non-hydrogen) atoms. The lowest BCUT2D eigenvalue weighted by Crippen LogP contribution is -2.41. The van der Waals surface area contributed by atoms with Crippen LogP contribution in [0.15, 0.2) is 12.1 Å². The summed E-state index contributed by atoms with van der Waals surface area (Å²) < 4.78 is 0. The molecule has 2 bridgehead atoms. The van der Waals surface area contributed by atoms with Gasteiger partial charge >= 0.3 is 0 Å². The molecule has 1 aromatic carbocycles. The van der Waals surface area contributed by atoms with E-state index >= 15 is 0 Å². The minimum absolute atomic E-state index is 0.00799. The maximum Gasteiger partial charge on any atom is 0.136 e. The molecule has 4 rings (SSSR count). The number of hydrogen-bond donors (Lipinski definition) is 2. The van der Waals surface area contributed by atoms with Crippen LogP contribution in [0.2, 0.25) is 0 Å². The first-order valence-electron chi connectivity index (χ1n) is 8.18. The third-order valence-corrected chi connectivity index (χ3v) is 5.32. The Labute approximate surface area is 126 Å². The van der Waals surface area contributed by atoms with Gasteiger partial charge in [0.15, 0.2) is 0 Å². The van der Waals surface area contributed by atoms with Crippen LogP contribution in [0.5, 0.6) is 11.5 Å². The maximum atomic E-state index is 12.0. The molecule has 3 fully saturated rings. The molecular formula is C18H24O3. The minimum Gasteiger partial charge on any atom is -0.508 e. The first-order valence-corrected chi connectivity index (χ1v) is 8.18. The zero-order valence-corrected chi connectivity index (χ0v) is 12.6. The smallest absolute Gasteiger partial charge is 0.136 e. The lowest BCUT2D eigenvalue weighted by molar-refractivity contribution is -0.133. The average molecular weight is 288 g/mol. The highest BCUT2D eigenvalue weighted by Crippen LogP contribution is 2.54.